The molecule has 0 amide bonds. The Hall–Kier alpha value is -1.22. The normalized spacial score (nSPS) is 22.1. The number of carboxylic acid groups (broad SMARTS) is 1. The molecule has 16 heavy (non-hydrogen) atoms. The molecule has 1 heterocycles. The van der Waals surface area contributed by atoms with Gasteiger partial charge >= 0.3 is 5.97 Å². The van der Waals surface area contributed by atoms with Crippen molar-refractivity contribution in [2.45, 2.75) is 25.9 Å². The van der Waals surface area contributed by atoms with Gasteiger partial charge in [0.2, 0.25) is 0 Å². The number of ether oxygens (including phenoxy) is 1. The number of carbonyl (C=O) groups is 1. The molecule has 2 rings (SSSR count). The van der Waals surface area contributed by atoms with E-state index in [4.69, 9.17) is 21.4 Å². The molecule has 1 atom stereocenters. The Kier molecular flexibility index (Phi) is 2.58. The van der Waals surface area contributed by atoms with E-state index in [0.29, 0.717) is 11.4 Å². The molecular weight excluding hydrogens is 228 g/mol. The third-order valence-electron chi connectivity index (χ3n) is 2.96. The van der Waals surface area contributed by atoms with Crippen LogP contribution in [0.15, 0.2) is 18.2 Å². The number of aliphatic carboxylic acids is 1. The summed E-state index contributed by atoms with van der Waals surface area (Å²) in [6.07, 6.45) is 0.457. The second-order valence-electron chi connectivity index (χ2n) is 4.55. The van der Waals surface area contributed by atoms with Crippen molar-refractivity contribution >= 4 is 17.6 Å². The quantitative estimate of drug-likeness (QED) is 0.821. The van der Waals surface area contributed by atoms with Crippen LogP contribution in [0.5, 0.6) is 5.75 Å². The smallest absolute Gasteiger partial charge is 0.310 e. The minimum atomic E-state index is -0.837. The molecule has 0 spiro atoms. The van der Waals surface area contributed by atoms with E-state index in [0.717, 1.165) is 11.3 Å². The molecule has 1 unspecified atom stereocenters. The largest absolute Gasteiger partial charge is 0.487 e. The standard InChI is InChI=1S/C12H13ClO3/c1-12(2)9(11(14)15)6-7-5-8(13)3-4-10(7)16-12/h3-5,9H,6H2,1-2H3,(H,14,15). The first-order chi connectivity index (χ1) is 7.40. The predicted molar refractivity (Wildman–Crippen MR) is 61.0 cm³/mol. The van der Waals surface area contributed by atoms with E-state index < -0.39 is 17.5 Å². The van der Waals surface area contributed by atoms with Crippen molar-refractivity contribution < 1.29 is 14.6 Å². The van der Waals surface area contributed by atoms with Gasteiger partial charge in [0, 0.05) is 5.02 Å². The van der Waals surface area contributed by atoms with Crippen molar-refractivity contribution in [3.05, 3.63) is 28.8 Å². The summed E-state index contributed by atoms with van der Waals surface area (Å²) in [5.74, 6) is -0.652. The SMILES string of the molecule is CC1(C)Oc2ccc(Cl)cc2CC1C(=O)O. The number of hydrogen-bond donors (Lipinski definition) is 1. The number of fused-ring (bicyclic) bond motifs is 1. The molecule has 4 heteroatoms. The highest BCUT2D eigenvalue weighted by molar-refractivity contribution is 6.30. The highest BCUT2D eigenvalue weighted by Gasteiger charge is 2.41. The molecule has 0 aliphatic carbocycles. The van der Waals surface area contributed by atoms with Gasteiger partial charge in [0.15, 0.2) is 0 Å². The van der Waals surface area contributed by atoms with Gasteiger partial charge in [-0.15, -0.1) is 0 Å². The summed E-state index contributed by atoms with van der Waals surface area (Å²) < 4.78 is 5.71. The summed E-state index contributed by atoms with van der Waals surface area (Å²) in [6.45, 7) is 3.59. The van der Waals surface area contributed by atoms with Crippen molar-refractivity contribution in [2.24, 2.45) is 5.92 Å². The maximum Gasteiger partial charge on any atom is 0.310 e. The summed E-state index contributed by atoms with van der Waals surface area (Å²) in [5, 5.41) is 9.76. The van der Waals surface area contributed by atoms with Crippen LogP contribution in [-0.2, 0) is 11.2 Å². The minimum Gasteiger partial charge on any atom is -0.487 e. The van der Waals surface area contributed by atoms with Crippen LogP contribution in [0.3, 0.4) is 0 Å². The zero-order valence-electron chi connectivity index (χ0n) is 9.16. The highest BCUT2D eigenvalue weighted by atomic mass is 35.5. The molecule has 0 fully saturated rings. The third kappa shape index (κ3) is 1.87. The second-order valence-corrected chi connectivity index (χ2v) is 4.99. The Morgan fingerprint density at radius 3 is 2.88 bits per heavy atom. The Labute approximate surface area is 99.0 Å². The lowest BCUT2D eigenvalue weighted by atomic mass is 9.82. The number of carboxylic acids is 1. The second kappa shape index (κ2) is 3.67. The molecular formula is C12H13ClO3. The maximum atomic E-state index is 11.2. The van der Waals surface area contributed by atoms with Gasteiger partial charge in [-0.25, -0.2) is 0 Å². The average Bonchev–Trinajstić information content (AvgIpc) is 2.16. The lowest BCUT2D eigenvalue weighted by molar-refractivity contribution is -0.149. The first-order valence-electron chi connectivity index (χ1n) is 5.10. The van der Waals surface area contributed by atoms with Crippen LogP contribution in [-0.4, -0.2) is 16.7 Å². The molecule has 0 aromatic heterocycles. The number of halogens is 1. The Morgan fingerprint density at radius 1 is 1.56 bits per heavy atom. The summed E-state index contributed by atoms with van der Waals surface area (Å²) >= 11 is 5.87. The van der Waals surface area contributed by atoms with Crippen LogP contribution >= 0.6 is 11.6 Å². The number of rotatable bonds is 1. The molecule has 86 valence electrons. The summed E-state index contributed by atoms with van der Waals surface area (Å²) in [4.78, 5) is 11.2. The van der Waals surface area contributed by atoms with Gasteiger partial charge < -0.3 is 9.84 Å². The Balaban J connectivity index is 2.42. The van der Waals surface area contributed by atoms with Gasteiger partial charge in [-0.1, -0.05) is 11.6 Å². The van der Waals surface area contributed by atoms with Crippen molar-refractivity contribution in [3.8, 4) is 5.75 Å². The van der Waals surface area contributed by atoms with E-state index in [9.17, 15) is 4.79 Å². The molecule has 3 nitrogen and oxygen atoms in total. The van der Waals surface area contributed by atoms with E-state index in [2.05, 4.69) is 0 Å². The molecule has 1 aliphatic heterocycles. The molecule has 0 bridgehead atoms. The predicted octanol–water partition coefficient (Wildman–Crippen LogP) is 2.75. The third-order valence-corrected chi connectivity index (χ3v) is 3.19. The monoisotopic (exact) mass is 240 g/mol. The van der Waals surface area contributed by atoms with E-state index in [1.54, 1.807) is 32.0 Å². The number of hydrogen-bond acceptors (Lipinski definition) is 2. The lowest BCUT2D eigenvalue weighted by Crippen LogP contribution is -2.46. The van der Waals surface area contributed by atoms with Crippen LogP contribution < -0.4 is 4.74 Å². The van der Waals surface area contributed by atoms with Crippen LogP contribution in [0.4, 0.5) is 0 Å². The topological polar surface area (TPSA) is 46.5 Å². The van der Waals surface area contributed by atoms with Crippen LogP contribution in [0, 0.1) is 5.92 Å². The van der Waals surface area contributed by atoms with Crippen molar-refractivity contribution in [1.82, 2.24) is 0 Å². The van der Waals surface area contributed by atoms with Gasteiger partial charge in [-0.3, -0.25) is 4.79 Å². The fourth-order valence-corrected chi connectivity index (χ4v) is 2.21. The molecule has 1 aromatic rings. The fourth-order valence-electron chi connectivity index (χ4n) is 2.01. The van der Waals surface area contributed by atoms with Crippen LogP contribution in [0.25, 0.3) is 0 Å². The molecule has 1 N–H and O–H groups in total. The molecule has 1 aliphatic rings. The van der Waals surface area contributed by atoms with E-state index in [1.165, 1.54) is 0 Å². The van der Waals surface area contributed by atoms with Gasteiger partial charge in [0.05, 0.1) is 5.92 Å². The first-order valence-corrected chi connectivity index (χ1v) is 5.48. The lowest BCUT2D eigenvalue weighted by Gasteiger charge is -2.37. The highest BCUT2D eigenvalue weighted by Crippen LogP contribution is 2.38. The summed E-state index contributed by atoms with van der Waals surface area (Å²) in [7, 11) is 0. The van der Waals surface area contributed by atoms with Gasteiger partial charge in [-0.2, -0.15) is 0 Å². The molecule has 1 aromatic carbocycles. The first kappa shape index (κ1) is 11.3. The summed E-state index contributed by atoms with van der Waals surface area (Å²) in [5.41, 5.74) is 0.173. The van der Waals surface area contributed by atoms with Gasteiger partial charge in [0.1, 0.15) is 11.4 Å². The van der Waals surface area contributed by atoms with Gasteiger partial charge in [-0.05, 0) is 44.0 Å². The van der Waals surface area contributed by atoms with Crippen molar-refractivity contribution in [2.75, 3.05) is 0 Å². The molecule has 0 saturated heterocycles. The van der Waals surface area contributed by atoms with Gasteiger partial charge in [0.25, 0.3) is 0 Å². The molecule has 0 radical (unpaired) electrons. The van der Waals surface area contributed by atoms with E-state index >= 15 is 0 Å². The maximum absolute atomic E-state index is 11.2. The van der Waals surface area contributed by atoms with Crippen LogP contribution in [0.1, 0.15) is 19.4 Å². The van der Waals surface area contributed by atoms with Crippen molar-refractivity contribution in [1.29, 1.82) is 0 Å². The zero-order valence-corrected chi connectivity index (χ0v) is 9.91. The number of benzene rings is 1. The van der Waals surface area contributed by atoms with Crippen molar-refractivity contribution in [3.63, 3.8) is 0 Å². The van der Waals surface area contributed by atoms with Crippen LogP contribution in [0.2, 0.25) is 5.02 Å². The van der Waals surface area contributed by atoms with E-state index in [-0.39, 0.29) is 0 Å². The molecule has 0 saturated carbocycles. The Morgan fingerprint density at radius 2 is 2.25 bits per heavy atom. The zero-order chi connectivity index (χ0) is 11.9. The minimum absolute atomic E-state index is 0.457. The van der Waals surface area contributed by atoms with E-state index in [1.807, 2.05) is 0 Å². The fraction of sp³-hybridized carbons (Fsp3) is 0.417. The summed E-state index contributed by atoms with van der Waals surface area (Å²) in [6, 6.07) is 5.30. The Bertz CT molecular complexity index is 440. The average molecular weight is 241 g/mol.